The minimum atomic E-state index is -0.249. The highest BCUT2D eigenvalue weighted by molar-refractivity contribution is 6.10. The van der Waals surface area contributed by atoms with Gasteiger partial charge >= 0.3 is 6.03 Å². The number of hydrogen-bond acceptors (Lipinski definition) is 5. The van der Waals surface area contributed by atoms with E-state index in [1.165, 1.54) is 0 Å². The number of nitrogen functional groups attached to an aromatic ring is 1. The standard InChI is InChI=1S/C20H19N5O2/c1-13-17-12-22-19(21)23-18(17)25(14-6-4-3-5-7-14)20(26)24(13)15-8-10-16(27-2)11-9-15/h3-13H,1-2H3,(H2,21,22,23). The van der Waals surface area contributed by atoms with Crippen molar-refractivity contribution in [2.24, 2.45) is 0 Å². The van der Waals surface area contributed by atoms with Crippen molar-refractivity contribution in [2.45, 2.75) is 13.0 Å². The number of aromatic nitrogens is 2. The van der Waals surface area contributed by atoms with Crippen LogP contribution in [0.4, 0.5) is 27.9 Å². The fraction of sp³-hybridized carbons (Fsp3) is 0.150. The summed E-state index contributed by atoms with van der Waals surface area (Å²) in [6.45, 7) is 1.95. The summed E-state index contributed by atoms with van der Waals surface area (Å²) in [5.74, 6) is 1.37. The average Bonchev–Trinajstić information content (AvgIpc) is 2.69. The number of amides is 2. The molecule has 1 unspecified atom stereocenters. The van der Waals surface area contributed by atoms with Crippen LogP contribution in [0.2, 0.25) is 0 Å². The first-order valence-corrected chi connectivity index (χ1v) is 8.55. The van der Waals surface area contributed by atoms with Crippen LogP contribution in [0.25, 0.3) is 0 Å². The van der Waals surface area contributed by atoms with Gasteiger partial charge in [-0.2, -0.15) is 4.98 Å². The third-order valence-corrected chi connectivity index (χ3v) is 4.63. The summed E-state index contributed by atoms with van der Waals surface area (Å²) in [4.78, 5) is 25.3. The molecule has 0 saturated heterocycles. The molecule has 27 heavy (non-hydrogen) atoms. The highest BCUT2D eigenvalue weighted by atomic mass is 16.5. The normalized spacial score (nSPS) is 16.2. The highest BCUT2D eigenvalue weighted by Crippen LogP contribution is 2.41. The van der Waals surface area contributed by atoms with E-state index < -0.39 is 0 Å². The number of ether oxygens (including phenoxy) is 1. The van der Waals surface area contributed by atoms with Crippen molar-refractivity contribution in [1.82, 2.24) is 9.97 Å². The molecule has 0 fully saturated rings. The largest absolute Gasteiger partial charge is 0.497 e. The summed E-state index contributed by atoms with van der Waals surface area (Å²) in [6, 6.07) is 16.3. The molecule has 0 spiro atoms. The maximum absolute atomic E-state index is 13.5. The highest BCUT2D eigenvalue weighted by Gasteiger charge is 2.38. The van der Waals surface area contributed by atoms with Crippen LogP contribution in [0.3, 0.4) is 0 Å². The minimum Gasteiger partial charge on any atom is -0.497 e. The summed E-state index contributed by atoms with van der Waals surface area (Å²) in [7, 11) is 1.61. The molecule has 0 bridgehead atoms. The first-order chi connectivity index (χ1) is 13.1. The Kier molecular flexibility index (Phi) is 4.12. The van der Waals surface area contributed by atoms with Crippen LogP contribution < -0.4 is 20.3 Å². The Labute approximate surface area is 157 Å². The molecule has 4 rings (SSSR count). The van der Waals surface area contributed by atoms with E-state index in [1.807, 2.05) is 61.5 Å². The van der Waals surface area contributed by atoms with Crippen LogP contribution in [-0.2, 0) is 0 Å². The first kappa shape index (κ1) is 16.8. The van der Waals surface area contributed by atoms with Gasteiger partial charge in [0.05, 0.1) is 18.8 Å². The average molecular weight is 361 g/mol. The van der Waals surface area contributed by atoms with Crippen LogP contribution in [0.15, 0.2) is 60.8 Å². The molecule has 2 heterocycles. The molecule has 0 aliphatic carbocycles. The van der Waals surface area contributed by atoms with Gasteiger partial charge in [-0.15, -0.1) is 0 Å². The van der Waals surface area contributed by atoms with Crippen LogP contribution in [-0.4, -0.2) is 23.1 Å². The van der Waals surface area contributed by atoms with E-state index in [0.717, 1.165) is 17.0 Å². The first-order valence-electron chi connectivity index (χ1n) is 8.55. The lowest BCUT2D eigenvalue weighted by Gasteiger charge is -2.40. The molecule has 2 amide bonds. The number of fused-ring (bicyclic) bond motifs is 1. The Balaban J connectivity index is 1.87. The zero-order valence-electron chi connectivity index (χ0n) is 15.0. The van der Waals surface area contributed by atoms with Crippen molar-refractivity contribution in [3.63, 3.8) is 0 Å². The number of anilines is 4. The summed E-state index contributed by atoms with van der Waals surface area (Å²) >= 11 is 0. The van der Waals surface area contributed by atoms with Gasteiger partial charge in [-0.05, 0) is 43.3 Å². The lowest BCUT2D eigenvalue weighted by Crippen LogP contribution is -2.47. The molecular weight excluding hydrogens is 342 g/mol. The second-order valence-corrected chi connectivity index (χ2v) is 6.20. The third-order valence-electron chi connectivity index (χ3n) is 4.63. The fourth-order valence-electron chi connectivity index (χ4n) is 3.26. The van der Waals surface area contributed by atoms with E-state index in [4.69, 9.17) is 10.5 Å². The van der Waals surface area contributed by atoms with Gasteiger partial charge in [-0.25, -0.2) is 14.7 Å². The second-order valence-electron chi connectivity index (χ2n) is 6.20. The number of rotatable bonds is 3. The maximum atomic E-state index is 13.5. The number of carbonyl (C=O) groups excluding carboxylic acids is 1. The Morgan fingerprint density at radius 1 is 1.04 bits per heavy atom. The lowest BCUT2D eigenvalue weighted by molar-refractivity contribution is 0.250. The summed E-state index contributed by atoms with van der Waals surface area (Å²) in [6.07, 6.45) is 1.68. The van der Waals surface area contributed by atoms with Crippen molar-refractivity contribution >= 4 is 29.2 Å². The Morgan fingerprint density at radius 2 is 1.74 bits per heavy atom. The van der Waals surface area contributed by atoms with Crippen LogP contribution in [0.1, 0.15) is 18.5 Å². The number of urea groups is 1. The predicted octanol–water partition coefficient (Wildman–Crippen LogP) is 3.91. The van der Waals surface area contributed by atoms with E-state index in [2.05, 4.69) is 9.97 Å². The smallest absolute Gasteiger partial charge is 0.335 e. The Bertz CT molecular complexity index is 975. The molecule has 7 heteroatoms. The van der Waals surface area contributed by atoms with Gasteiger partial charge in [-0.3, -0.25) is 4.90 Å². The number of benzene rings is 2. The quantitative estimate of drug-likeness (QED) is 0.765. The third kappa shape index (κ3) is 2.83. The summed E-state index contributed by atoms with van der Waals surface area (Å²) < 4.78 is 5.22. The van der Waals surface area contributed by atoms with Gasteiger partial charge in [0.1, 0.15) is 5.75 Å². The zero-order chi connectivity index (χ0) is 19.0. The number of carbonyl (C=O) groups is 1. The van der Waals surface area contributed by atoms with E-state index in [-0.39, 0.29) is 18.0 Å². The van der Waals surface area contributed by atoms with Crippen molar-refractivity contribution in [3.8, 4) is 5.75 Å². The fourth-order valence-corrected chi connectivity index (χ4v) is 3.26. The minimum absolute atomic E-state index is 0.132. The van der Waals surface area contributed by atoms with Crippen molar-refractivity contribution in [2.75, 3.05) is 22.6 Å². The van der Waals surface area contributed by atoms with Gasteiger partial charge in [0.2, 0.25) is 5.95 Å². The number of hydrogen-bond donors (Lipinski definition) is 1. The SMILES string of the molecule is COc1ccc(N2C(=O)N(c3ccccc3)c3nc(N)ncc3C2C)cc1. The van der Waals surface area contributed by atoms with Crippen molar-refractivity contribution in [3.05, 3.63) is 66.4 Å². The van der Waals surface area contributed by atoms with Gasteiger partial charge < -0.3 is 10.5 Å². The topological polar surface area (TPSA) is 84.6 Å². The van der Waals surface area contributed by atoms with Gasteiger partial charge in [0.25, 0.3) is 0 Å². The molecule has 1 aromatic heterocycles. The number of nitrogens with two attached hydrogens (primary N) is 1. The molecular formula is C20H19N5O2. The zero-order valence-corrected chi connectivity index (χ0v) is 15.0. The van der Waals surface area contributed by atoms with Crippen molar-refractivity contribution in [1.29, 1.82) is 0 Å². The summed E-state index contributed by atoms with van der Waals surface area (Å²) in [5, 5.41) is 0. The van der Waals surface area contributed by atoms with Crippen LogP contribution >= 0.6 is 0 Å². The van der Waals surface area contributed by atoms with E-state index >= 15 is 0 Å². The van der Waals surface area contributed by atoms with Gasteiger partial charge in [0, 0.05) is 17.4 Å². The lowest BCUT2D eigenvalue weighted by atomic mass is 10.0. The van der Waals surface area contributed by atoms with E-state index in [9.17, 15) is 4.79 Å². The van der Waals surface area contributed by atoms with Crippen LogP contribution in [0.5, 0.6) is 5.75 Å². The van der Waals surface area contributed by atoms with Crippen LogP contribution in [0, 0.1) is 0 Å². The molecule has 1 atom stereocenters. The Morgan fingerprint density at radius 3 is 2.41 bits per heavy atom. The van der Waals surface area contributed by atoms with Gasteiger partial charge in [-0.1, -0.05) is 18.2 Å². The molecule has 7 nitrogen and oxygen atoms in total. The predicted molar refractivity (Wildman–Crippen MR) is 104 cm³/mol. The molecule has 0 saturated carbocycles. The molecule has 1 aliphatic rings. The number of nitrogens with zero attached hydrogens (tertiary/aromatic N) is 4. The number of para-hydroxylation sites is 1. The maximum Gasteiger partial charge on any atom is 0.335 e. The molecule has 0 radical (unpaired) electrons. The van der Waals surface area contributed by atoms with Gasteiger partial charge in [0.15, 0.2) is 5.82 Å². The Hall–Kier alpha value is -3.61. The number of methoxy groups -OCH3 is 1. The molecule has 2 aromatic carbocycles. The second kappa shape index (κ2) is 6.60. The van der Waals surface area contributed by atoms with Crippen molar-refractivity contribution < 1.29 is 9.53 Å². The summed E-state index contributed by atoms with van der Waals surface area (Å²) in [5.41, 5.74) is 8.10. The molecule has 2 N–H and O–H groups in total. The van der Waals surface area contributed by atoms with E-state index in [0.29, 0.717) is 11.5 Å². The molecule has 3 aromatic rings. The monoisotopic (exact) mass is 361 g/mol. The van der Waals surface area contributed by atoms with E-state index in [1.54, 1.807) is 23.1 Å². The molecule has 136 valence electrons. The molecule has 1 aliphatic heterocycles.